The van der Waals surface area contributed by atoms with Crippen molar-refractivity contribution in [2.45, 2.75) is 25.3 Å². The van der Waals surface area contributed by atoms with Crippen molar-refractivity contribution in [3.05, 3.63) is 135 Å². The standard InChI is InChI=1S/C34H26Cl2N4O3/c35-23-11-14-25(15-12-23)37-30(41)17-18-31(42)40-29(21-7-3-1-4-8-21)20-28(39-40)33-32(22-9-5-2-6-10-22)26-19-24(36)13-16-27(26)38-34(33)43/h1-16,19,29H,17-18,20H2,(H,37,41)(H,38,43)/t29-/m0/s1. The molecule has 0 saturated heterocycles. The largest absolute Gasteiger partial charge is 0.326 e. The third kappa shape index (κ3) is 6.09. The second-order valence-electron chi connectivity index (χ2n) is 10.2. The zero-order valence-corrected chi connectivity index (χ0v) is 24.4. The monoisotopic (exact) mass is 608 g/mol. The van der Waals surface area contributed by atoms with E-state index in [0.29, 0.717) is 44.5 Å². The maximum atomic E-state index is 13.7. The molecule has 0 radical (unpaired) electrons. The number of H-pyrrole nitrogens is 1. The molecule has 2 amide bonds. The van der Waals surface area contributed by atoms with E-state index in [0.717, 1.165) is 16.5 Å². The van der Waals surface area contributed by atoms with Gasteiger partial charge in [-0.3, -0.25) is 14.4 Å². The molecule has 1 aliphatic rings. The number of rotatable bonds is 7. The number of hydrogen-bond donors (Lipinski definition) is 2. The van der Waals surface area contributed by atoms with Gasteiger partial charge in [-0.2, -0.15) is 5.10 Å². The first kappa shape index (κ1) is 28.4. The molecule has 9 heteroatoms. The van der Waals surface area contributed by atoms with Crippen LogP contribution < -0.4 is 10.9 Å². The van der Waals surface area contributed by atoms with E-state index in [1.54, 1.807) is 36.4 Å². The lowest BCUT2D eigenvalue weighted by molar-refractivity contribution is -0.134. The zero-order chi connectivity index (χ0) is 29.9. The first-order chi connectivity index (χ1) is 20.9. The van der Waals surface area contributed by atoms with Crippen LogP contribution in [0.15, 0.2) is 113 Å². The number of hydrogen-bond acceptors (Lipinski definition) is 4. The van der Waals surface area contributed by atoms with Crippen LogP contribution in [0, 0.1) is 0 Å². The third-order valence-electron chi connectivity index (χ3n) is 7.37. The molecule has 0 bridgehead atoms. The van der Waals surface area contributed by atoms with Gasteiger partial charge in [0.2, 0.25) is 11.8 Å². The zero-order valence-electron chi connectivity index (χ0n) is 22.9. The molecule has 0 saturated carbocycles. The molecule has 2 N–H and O–H groups in total. The van der Waals surface area contributed by atoms with Gasteiger partial charge >= 0.3 is 0 Å². The van der Waals surface area contributed by atoms with Crippen molar-refractivity contribution < 1.29 is 9.59 Å². The molecule has 1 atom stereocenters. The second-order valence-corrected chi connectivity index (χ2v) is 11.1. The summed E-state index contributed by atoms with van der Waals surface area (Å²) < 4.78 is 0. The topological polar surface area (TPSA) is 94.6 Å². The van der Waals surface area contributed by atoms with Gasteiger partial charge in [0.05, 0.1) is 17.3 Å². The first-order valence-corrected chi connectivity index (χ1v) is 14.5. The number of pyridine rings is 1. The molecule has 2 heterocycles. The Kier molecular flexibility index (Phi) is 8.09. The second kappa shape index (κ2) is 12.3. The quantitative estimate of drug-likeness (QED) is 0.199. The van der Waals surface area contributed by atoms with Gasteiger partial charge in [-0.15, -0.1) is 0 Å². The van der Waals surface area contributed by atoms with Crippen molar-refractivity contribution in [1.29, 1.82) is 0 Å². The maximum absolute atomic E-state index is 13.7. The number of aromatic nitrogens is 1. The number of amides is 2. The minimum Gasteiger partial charge on any atom is -0.326 e. The molecule has 5 aromatic rings. The molecule has 0 spiro atoms. The minimum atomic E-state index is -0.443. The lowest BCUT2D eigenvalue weighted by Crippen LogP contribution is -2.28. The molecule has 1 aliphatic heterocycles. The van der Waals surface area contributed by atoms with Crippen LogP contribution in [-0.4, -0.2) is 27.5 Å². The van der Waals surface area contributed by atoms with Crippen LogP contribution in [0.2, 0.25) is 10.0 Å². The molecule has 6 rings (SSSR count). The number of nitrogens with zero attached hydrogens (tertiary/aromatic N) is 2. The summed E-state index contributed by atoms with van der Waals surface area (Å²) in [5, 5.41) is 10.8. The number of carbonyl (C=O) groups is 2. The molecule has 0 fully saturated rings. The Morgan fingerprint density at radius 1 is 0.837 bits per heavy atom. The van der Waals surface area contributed by atoms with Crippen LogP contribution in [0.3, 0.4) is 0 Å². The van der Waals surface area contributed by atoms with E-state index in [-0.39, 0.29) is 30.2 Å². The Labute approximate surface area is 257 Å². The molecule has 1 aromatic heterocycles. The van der Waals surface area contributed by atoms with Crippen molar-refractivity contribution in [2.75, 3.05) is 5.32 Å². The van der Waals surface area contributed by atoms with Crippen LogP contribution in [0.5, 0.6) is 0 Å². The number of fused-ring (bicyclic) bond motifs is 1. The van der Waals surface area contributed by atoms with Gasteiger partial charge in [0.15, 0.2) is 0 Å². The Morgan fingerprint density at radius 3 is 2.23 bits per heavy atom. The molecule has 7 nitrogen and oxygen atoms in total. The summed E-state index contributed by atoms with van der Waals surface area (Å²) in [4.78, 5) is 42.9. The molecule has 4 aromatic carbocycles. The third-order valence-corrected chi connectivity index (χ3v) is 7.86. The smallest absolute Gasteiger partial charge is 0.258 e. The van der Waals surface area contributed by atoms with Crippen LogP contribution in [0.1, 0.15) is 36.4 Å². The molecule has 0 aliphatic carbocycles. The fourth-order valence-electron chi connectivity index (χ4n) is 5.36. The Bertz CT molecular complexity index is 1910. The molecule has 43 heavy (non-hydrogen) atoms. The summed E-state index contributed by atoms with van der Waals surface area (Å²) in [6.45, 7) is 0. The van der Waals surface area contributed by atoms with Crippen LogP contribution in [-0.2, 0) is 9.59 Å². The number of carbonyl (C=O) groups excluding carboxylic acids is 2. The number of nitrogens with one attached hydrogen (secondary N) is 2. The van der Waals surface area contributed by atoms with E-state index in [9.17, 15) is 14.4 Å². The number of benzene rings is 4. The van der Waals surface area contributed by atoms with Gasteiger partial charge < -0.3 is 10.3 Å². The lowest BCUT2D eigenvalue weighted by Gasteiger charge is -2.22. The normalized spacial score (nSPS) is 14.5. The summed E-state index contributed by atoms with van der Waals surface area (Å²) in [5.41, 5.74) is 4.21. The number of anilines is 1. The maximum Gasteiger partial charge on any atom is 0.258 e. The Balaban J connectivity index is 1.37. The molecular formula is C34H26Cl2N4O3. The van der Waals surface area contributed by atoms with Gasteiger partial charge in [0, 0.05) is 51.5 Å². The number of aromatic amines is 1. The summed E-state index contributed by atoms with van der Waals surface area (Å²) in [6.07, 6.45) is 0.227. The van der Waals surface area contributed by atoms with Crippen LogP contribution >= 0.6 is 23.2 Å². The summed E-state index contributed by atoms with van der Waals surface area (Å²) >= 11 is 12.3. The van der Waals surface area contributed by atoms with E-state index >= 15 is 0 Å². The predicted molar refractivity (Wildman–Crippen MR) is 172 cm³/mol. The number of halogens is 2. The molecular weight excluding hydrogens is 583 g/mol. The highest BCUT2D eigenvalue weighted by Gasteiger charge is 2.35. The van der Waals surface area contributed by atoms with Gasteiger partial charge in [-0.05, 0) is 53.6 Å². The highest BCUT2D eigenvalue weighted by Crippen LogP contribution is 2.37. The SMILES string of the molecule is O=C(CCC(=O)N1N=C(c2c(-c3ccccc3)c3cc(Cl)ccc3[nH]c2=O)C[C@H]1c1ccccc1)Nc1ccc(Cl)cc1. The highest BCUT2D eigenvalue weighted by molar-refractivity contribution is 6.31. The Morgan fingerprint density at radius 2 is 1.51 bits per heavy atom. The summed E-state index contributed by atoms with van der Waals surface area (Å²) in [7, 11) is 0. The van der Waals surface area contributed by atoms with E-state index in [1.807, 2.05) is 66.7 Å². The van der Waals surface area contributed by atoms with Gasteiger partial charge in [0.25, 0.3) is 5.56 Å². The number of hydrazone groups is 1. The summed E-state index contributed by atoms with van der Waals surface area (Å²) in [6, 6.07) is 30.8. The van der Waals surface area contributed by atoms with Crippen LogP contribution in [0.25, 0.3) is 22.0 Å². The van der Waals surface area contributed by atoms with E-state index < -0.39 is 6.04 Å². The van der Waals surface area contributed by atoms with Gasteiger partial charge in [0.1, 0.15) is 0 Å². The van der Waals surface area contributed by atoms with Crippen molar-refractivity contribution in [2.24, 2.45) is 5.10 Å². The van der Waals surface area contributed by atoms with Crippen LogP contribution in [0.4, 0.5) is 5.69 Å². The van der Waals surface area contributed by atoms with Crippen molar-refractivity contribution in [3.8, 4) is 11.1 Å². The molecule has 0 unspecified atom stereocenters. The minimum absolute atomic E-state index is 0.0331. The predicted octanol–water partition coefficient (Wildman–Crippen LogP) is 7.60. The highest BCUT2D eigenvalue weighted by atomic mass is 35.5. The fraction of sp³-hybridized carbons (Fsp3) is 0.118. The average Bonchev–Trinajstić information content (AvgIpc) is 3.47. The van der Waals surface area contributed by atoms with E-state index in [4.69, 9.17) is 28.3 Å². The van der Waals surface area contributed by atoms with E-state index in [1.165, 1.54) is 5.01 Å². The summed E-state index contributed by atoms with van der Waals surface area (Å²) in [5.74, 6) is -0.624. The lowest BCUT2D eigenvalue weighted by atomic mass is 9.91. The van der Waals surface area contributed by atoms with Crippen molar-refractivity contribution >= 4 is 57.3 Å². The fourth-order valence-corrected chi connectivity index (χ4v) is 5.66. The van der Waals surface area contributed by atoms with Gasteiger partial charge in [-0.1, -0.05) is 83.9 Å². The molecule has 214 valence electrons. The van der Waals surface area contributed by atoms with Gasteiger partial charge in [-0.25, -0.2) is 5.01 Å². The van der Waals surface area contributed by atoms with E-state index in [2.05, 4.69) is 10.3 Å². The first-order valence-electron chi connectivity index (χ1n) is 13.8. The Hall–Kier alpha value is -4.72. The van der Waals surface area contributed by atoms with Crippen molar-refractivity contribution in [1.82, 2.24) is 9.99 Å². The average molecular weight is 610 g/mol. The van der Waals surface area contributed by atoms with Crippen molar-refractivity contribution in [3.63, 3.8) is 0 Å².